The largest absolute Gasteiger partial charge is 0.497 e. The summed E-state index contributed by atoms with van der Waals surface area (Å²) < 4.78 is 35.1. The number of pyridine rings is 1. The van der Waals surface area contributed by atoms with Crippen LogP contribution in [0.4, 0.5) is 8.78 Å². The third-order valence-corrected chi connectivity index (χ3v) is 7.41. The molecular formula is C31H39F2N5O6. The van der Waals surface area contributed by atoms with E-state index in [1.54, 1.807) is 50.2 Å². The fourth-order valence-electron chi connectivity index (χ4n) is 4.84. The number of amides is 4. The van der Waals surface area contributed by atoms with Crippen LogP contribution in [-0.4, -0.2) is 77.0 Å². The van der Waals surface area contributed by atoms with E-state index in [-0.39, 0.29) is 25.4 Å². The number of nitrogens with zero attached hydrogens (tertiary/aromatic N) is 2. The molecular weight excluding hydrogens is 576 g/mol. The van der Waals surface area contributed by atoms with Crippen LogP contribution < -0.4 is 20.7 Å². The summed E-state index contributed by atoms with van der Waals surface area (Å²) in [6.45, 7) is 6.31. The van der Waals surface area contributed by atoms with Crippen LogP contribution in [0.25, 0.3) is 0 Å². The van der Waals surface area contributed by atoms with E-state index in [0.29, 0.717) is 23.4 Å². The highest BCUT2D eigenvalue weighted by Crippen LogP contribution is 2.24. The van der Waals surface area contributed by atoms with Gasteiger partial charge in [-0.3, -0.25) is 29.0 Å². The van der Waals surface area contributed by atoms with Crippen LogP contribution in [-0.2, 0) is 25.7 Å². The number of likely N-dealkylation sites (tertiary alicyclic amines) is 1. The second-order valence-electron chi connectivity index (χ2n) is 11.3. The number of benzene rings is 1. The monoisotopic (exact) mass is 615 g/mol. The van der Waals surface area contributed by atoms with Gasteiger partial charge in [0, 0.05) is 18.3 Å². The lowest BCUT2D eigenvalue weighted by atomic mass is 9.94. The number of hydrogen-bond donors (Lipinski definition) is 3. The van der Waals surface area contributed by atoms with E-state index >= 15 is 8.78 Å². The van der Waals surface area contributed by atoms with Gasteiger partial charge in [-0.25, -0.2) is 0 Å². The molecule has 0 saturated carbocycles. The molecule has 0 unspecified atom stereocenters. The number of carbonyl (C=O) groups excluding carboxylic acids is 5. The Morgan fingerprint density at radius 3 is 2.20 bits per heavy atom. The molecule has 1 fully saturated rings. The molecule has 3 atom stereocenters. The molecule has 238 valence electrons. The third-order valence-electron chi connectivity index (χ3n) is 7.41. The highest BCUT2D eigenvalue weighted by Gasteiger charge is 2.51. The molecule has 1 saturated heterocycles. The lowest BCUT2D eigenvalue weighted by Gasteiger charge is -2.32. The summed E-state index contributed by atoms with van der Waals surface area (Å²) in [6.07, 6.45) is 2.12. The normalized spacial score (nSPS) is 16.3. The van der Waals surface area contributed by atoms with Gasteiger partial charge in [0.05, 0.1) is 25.4 Å². The van der Waals surface area contributed by atoms with Crippen LogP contribution in [0.2, 0.25) is 0 Å². The summed E-state index contributed by atoms with van der Waals surface area (Å²) in [6, 6.07) is 7.38. The molecule has 11 nitrogen and oxygen atoms in total. The minimum Gasteiger partial charge on any atom is -0.497 e. The van der Waals surface area contributed by atoms with Crippen LogP contribution in [0.1, 0.15) is 56.6 Å². The summed E-state index contributed by atoms with van der Waals surface area (Å²) in [5, 5.41) is 7.13. The molecule has 3 rings (SSSR count). The standard InChI is InChI=1S/C31H39F2N5O6/c1-18(2)24(26(39)31(32,33)30(43)35-17-21-9-6-7-15-34-21)36-28(41)23-10-8-16-38(23)29(42)25(19(3)4)37-27(40)20-11-13-22(44-5)14-12-20/h6-7,9,11-15,18-19,23-25H,8,10,16-17H2,1-5H3,(H,35,43)(H,36,41)(H,37,40)/t23-,24-,25-/m0/s1. The number of methoxy groups -OCH3 is 1. The van der Waals surface area contributed by atoms with Gasteiger partial charge >= 0.3 is 5.92 Å². The zero-order chi connectivity index (χ0) is 32.6. The van der Waals surface area contributed by atoms with Crippen LogP contribution in [0, 0.1) is 11.8 Å². The number of rotatable bonds is 13. The molecule has 2 heterocycles. The van der Waals surface area contributed by atoms with Crippen molar-refractivity contribution in [3.63, 3.8) is 0 Å². The number of aromatic nitrogens is 1. The summed E-state index contributed by atoms with van der Waals surface area (Å²) >= 11 is 0. The highest BCUT2D eigenvalue weighted by molar-refractivity contribution is 6.10. The Morgan fingerprint density at radius 1 is 0.977 bits per heavy atom. The first-order valence-electron chi connectivity index (χ1n) is 14.4. The van der Waals surface area contributed by atoms with Crippen LogP contribution in [0.15, 0.2) is 48.7 Å². The van der Waals surface area contributed by atoms with Gasteiger partial charge < -0.3 is 25.6 Å². The minimum atomic E-state index is -4.43. The van der Waals surface area contributed by atoms with E-state index in [2.05, 4.69) is 15.6 Å². The van der Waals surface area contributed by atoms with Gasteiger partial charge in [-0.05, 0) is 61.1 Å². The Balaban J connectivity index is 1.70. The number of nitrogens with one attached hydrogen (secondary N) is 3. The zero-order valence-electron chi connectivity index (χ0n) is 25.4. The van der Waals surface area contributed by atoms with Gasteiger partial charge in [0.15, 0.2) is 0 Å². The van der Waals surface area contributed by atoms with Gasteiger partial charge in [0.1, 0.15) is 17.8 Å². The number of ether oxygens (including phenoxy) is 1. The van der Waals surface area contributed by atoms with Gasteiger partial charge in [-0.15, -0.1) is 0 Å². The van der Waals surface area contributed by atoms with E-state index in [4.69, 9.17) is 4.74 Å². The molecule has 1 aliphatic rings. The number of Topliss-reactive ketones (excluding diaryl/α,β-unsaturated/α-hetero) is 1. The van der Waals surface area contributed by atoms with E-state index in [1.807, 2.05) is 5.32 Å². The Labute approximate surface area is 255 Å². The predicted molar refractivity (Wildman–Crippen MR) is 157 cm³/mol. The van der Waals surface area contributed by atoms with Crippen LogP contribution in [0.3, 0.4) is 0 Å². The molecule has 3 N–H and O–H groups in total. The third kappa shape index (κ3) is 8.14. The van der Waals surface area contributed by atoms with Crippen molar-refractivity contribution in [1.29, 1.82) is 0 Å². The van der Waals surface area contributed by atoms with Crippen LogP contribution >= 0.6 is 0 Å². The smallest absolute Gasteiger partial charge is 0.383 e. The molecule has 2 aromatic rings. The Bertz CT molecular complexity index is 1340. The first-order valence-corrected chi connectivity index (χ1v) is 14.4. The van der Waals surface area contributed by atoms with E-state index < -0.39 is 59.4 Å². The number of ketones is 1. The summed E-state index contributed by atoms with van der Waals surface area (Å²) in [7, 11) is 1.50. The summed E-state index contributed by atoms with van der Waals surface area (Å²) in [4.78, 5) is 70.4. The molecule has 0 spiro atoms. The topological polar surface area (TPSA) is 147 Å². The van der Waals surface area contributed by atoms with Crippen molar-refractivity contribution in [3.05, 3.63) is 59.9 Å². The fourth-order valence-corrected chi connectivity index (χ4v) is 4.84. The minimum absolute atomic E-state index is 0.199. The highest BCUT2D eigenvalue weighted by atomic mass is 19.3. The molecule has 44 heavy (non-hydrogen) atoms. The Kier molecular flexibility index (Phi) is 11.5. The van der Waals surface area contributed by atoms with Gasteiger partial charge in [-0.2, -0.15) is 8.78 Å². The maximum absolute atomic E-state index is 15.0. The number of halogens is 2. The number of alkyl halides is 2. The average Bonchev–Trinajstić information content (AvgIpc) is 3.51. The first kappa shape index (κ1) is 34.1. The molecule has 1 aromatic heterocycles. The van der Waals surface area contributed by atoms with Crippen molar-refractivity contribution >= 4 is 29.4 Å². The molecule has 0 bridgehead atoms. The first-order chi connectivity index (χ1) is 20.8. The maximum Gasteiger partial charge on any atom is 0.383 e. The quantitative estimate of drug-likeness (QED) is 0.294. The summed E-state index contributed by atoms with van der Waals surface area (Å²) in [5.74, 6) is -10.4. The fraction of sp³-hybridized carbons (Fsp3) is 0.484. The summed E-state index contributed by atoms with van der Waals surface area (Å²) in [5.41, 5.74) is 0.631. The molecule has 1 aromatic carbocycles. The van der Waals surface area contributed by atoms with Crippen molar-refractivity contribution < 1.29 is 37.5 Å². The number of carbonyl (C=O) groups is 5. The molecule has 13 heteroatoms. The molecule has 1 aliphatic heterocycles. The van der Waals surface area contributed by atoms with Crippen LogP contribution in [0.5, 0.6) is 5.75 Å². The number of hydrogen-bond acceptors (Lipinski definition) is 7. The van der Waals surface area contributed by atoms with Crippen molar-refractivity contribution in [2.75, 3.05) is 13.7 Å². The lowest BCUT2D eigenvalue weighted by molar-refractivity contribution is -0.161. The maximum atomic E-state index is 15.0. The van der Waals surface area contributed by atoms with E-state index in [0.717, 1.165) is 0 Å². The van der Waals surface area contributed by atoms with Crippen molar-refractivity contribution in [2.45, 2.75) is 71.1 Å². The Hall–Kier alpha value is -4.42. The van der Waals surface area contributed by atoms with Crippen molar-refractivity contribution in [3.8, 4) is 5.75 Å². The van der Waals surface area contributed by atoms with Gasteiger partial charge in [0.25, 0.3) is 11.8 Å². The van der Waals surface area contributed by atoms with Gasteiger partial charge in [0.2, 0.25) is 17.6 Å². The lowest BCUT2D eigenvalue weighted by Crippen LogP contribution is -2.60. The SMILES string of the molecule is COc1ccc(C(=O)N[C@H](C(=O)N2CCC[C@H]2C(=O)N[C@H](C(=O)C(F)(F)C(=O)NCc2ccccn2)C(C)C)C(C)C)cc1. The second-order valence-corrected chi connectivity index (χ2v) is 11.3. The van der Waals surface area contributed by atoms with Gasteiger partial charge in [-0.1, -0.05) is 33.8 Å². The predicted octanol–water partition coefficient (Wildman–Crippen LogP) is 2.50. The van der Waals surface area contributed by atoms with E-state index in [9.17, 15) is 24.0 Å². The van der Waals surface area contributed by atoms with Crippen molar-refractivity contribution in [2.24, 2.45) is 11.8 Å². The van der Waals surface area contributed by atoms with Crippen molar-refractivity contribution in [1.82, 2.24) is 25.8 Å². The zero-order valence-corrected chi connectivity index (χ0v) is 25.4. The Morgan fingerprint density at radius 2 is 1.64 bits per heavy atom. The second kappa shape index (κ2) is 14.8. The molecule has 4 amide bonds. The molecule has 0 aliphatic carbocycles. The average molecular weight is 616 g/mol. The van der Waals surface area contributed by atoms with E-state index in [1.165, 1.54) is 38.1 Å². The molecule has 0 radical (unpaired) electrons.